The van der Waals surface area contributed by atoms with Crippen LogP contribution in [-0.4, -0.2) is 33.0 Å². The van der Waals surface area contributed by atoms with Gasteiger partial charge in [-0.1, -0.05) is 0 Å². The van der Waals surface area contributed by atoms with Crippen molar-refractivity contribution in [3.63, 3.8) is 0 Å². The minimum atomic E-state index is -0.949. The predicted molar refractivity (Wildman–Crippen MR) is 58.2 cm³/mol. The van der Waals surface area contributed by atoms with E-state index in [1.54, 1.807) is 6.92 Å². The minimum absolute atomic E-state index is 0.240. The normalized spacial score (nSPS) is 12.4. The summed E-state index contributed by atoms with van der Waals surface area (Å²) in [6.07, 6.45) is 1.82. The molecule has 0 bridgehead atoms. The van der Waals surface area contributed by atoms with Gasteiger partial charge in [-0.25, -0.2) is 9.78 Å². The summed E-state index contributed by atoms with van der Waals surface area (Å²) in [6, 6.07) is 3.00. The number of carboxylic acids is 1. The minimum Gasteiger partial charge on any atom is -0.478 e. The fourth-order valence-electron chi connectivity index (χ4n) is 0.955. The second-order valence-electron chi connectivity index (χ2n) is 3.17. The van der Waals surface area contributed by atoms with Crippen molar-refractivity contribution in [3.05, 3.63) is 23.9 Å². The number of thioether (sulfide) groups is 1. The highest BCUT2D eigenvalue weighted by Crippen LogP contribution is 2.17. The molecule has 0 saturated heterocycles. The lowest BCUT2D eigenvalue weighted by atomic mass is 10.3. The fraction of sp³-hybridized carbons (Fsp3) is 0.400. The van der Waals surface area contributed by atoms with Gasteiger partial charge in [-0.3, -0.25) is 0 Å². The zero-order valence-electron chi connectivity index (χ0n) is 8.38. The van der Waals surface area contributed by atoms with Gasteiger partial charge in [0.1, 0.15) is 0 Å². The van der Waals surface area contributed by atoms with Gasteiger partial charge in [0.05, 0.1) is 16.7 Å². The first-order valence-corrected chi connectivity index (χ1v) is 5.58. The third-order valence-electron chi connectivity index (χ3n) is 1.77. The van der Waals surface area contributed by atoms with E-state index in [4.69, 9.17) is 10.2 Å². The van der Waals surface area contributed by atoms with E-state index in [0.29, 0.717) is 11.4 Å². The molecular weight excluding hydrogens is 214 g/mol. The molecule has 1 aromatic heterocycles. The summed E-state index contributed by atoms with van der Waals surface area (Å²) in [5, 5.41) is 18.5. The summed E-state index contributed by atoms with van der Waals surface area (Å²) in [5.41, 5.74) is 0.240. The van der Waals surface area contributed by atoms with E-state index in [0.717, 1.165) is 5.75 Å². The van der Waals surface area contributed by atoms with Crippen LogP contribution in [0.1, 0.15) is 23.7 Å². The van der Waals surface area contributed by atoms with Crippen LogP contribution in [0, 0.1) is 0 Å². The number of nitrogens with zero attached hydrogens (tertiary/aromatic N) is 1. The Morgan fingerprint density at radius 3 is 3.00 bits per heavy atom. The van der Waals surface area contributed by atoms with Gasteiger partial charge in [0.2, 0.25) is 0 Å². The Morgan fingerprint density at radius 2 is 2.40 bits per heavy atom. The zero-order chi connectivity index (χ0) is 11.3. The molecule has 0 aliphatic carbocycles. The van der Waals surface area contributed by atoms with Crippen LogP contribution in [0.5, 0.6) is 0 Å². The Kier molecular flexibility index (Phi) is 4.58. The summed E-state index contributed by atoms with van der Waals surface area (Å²) in [7, 11) is 0. The van der Waals surface area contributed by atoms with Crippen LogP contribution in [0.4, 0.5) is 0 Å². The second kappa shape index (κ2) is 5.72. The van der Waals surface area contributed by atoms with Gasteiger partial charge in [-0.05, 0) is 25.5 Å². The SMILES string of the molecule is CC(O)CCSc1cc(C(=O)O)ccn1. The van der Waals surface area contributed by atoms with Crippen LogP contribution in [0.25, 0.3) is 0 Å². The Hall–Kier alpha value is -1.07. The number of carbonyl (C=O) groups is 1. The van der Waals surface area contributed by atoms with Crippen molar-refractivity contribution in [1.82, 2.24) is 4.98 Å². The van der Waals surface area contributed by atoms with Crippen LogP contribution in [-0.2, 0) is 0 Å². The number of pyridine rings is 1. The molecule has 15 heavy (non-hydrogen) atoms. The summed E-state index contributed by atoms with van der Waals surface area (Å²) in [5.74, 6) is -0.219. The Labute approximate surface area is 92.3 Å². The van der Waals surface area contributed by atoms with Crippen LogP contribution < -0.4 is 0 Å². The largest absolute Gasteiger partial charge is 0.478 e. The van der Waals surface area contributed by atoms with Gasteiger partial charge in [-0.15, -0.1) is 11.8 Å². The number of rotatable bonds is 5. The highest BCUT2D eigenvalue weighted by molar-refractivity contribution is 7.99. The van der Waals surface area contributed by atoms with Crippen LogP contribution in [0.3, 0.4) is 0 Å². The molecule has 0 spiro atoms. The number of aromatic carboxylic acids is 1. The summed E-state index contributed by atoms with van der Waals surface area (Å²) in [6.45, 7) is 1.72. The lowest BCUT2D eigenvalue weighted by Gasteiger charge is -2.03. The highest BCUT2D eigenvalue weighted by Gasteiger charge is 2.04. The van der Waals surface area contributed by atoms with Crippen LogP contribution >= 0.6 is 11.8 Å². The average molecular weight is 227 g/mol. The standard InChI is InChI=1S/C10H13NO3S/c1-7(12)3-5-15-9-6-8(10(13)14)2-4-11-9/h2,4,6-7,12H,3,5H2,1H3,(H,13,14). The molecule has 4 nitrogen and oxygen atoms in total. The Bertz CT molecular complexity index is 341. The summed E-state index contributed by atoms with van der Waals surface area (Å²) in [4.78, 5) is 14.7. The monoisotopic (exact) mass is 227 g/mol. The molecule has 2 N–H and O–H groups in total. The van der Waals surface area contributed by atoms with E-state index in [1.165, 1.54) is 30.1 Å². The molecule has 1 rings (SSSR count). The molecule has 82 valence electrons. The number of aromatic nitrogens is 1. The maximum atomic E-state index is 10.7. The fourth-order valence-corrected chi connectivity index (χ4v) is 1.97. The maximum absolute atomic E-state index is 10.7. The van der Waals surface area contributed by atoms with Crippen LogP contribution in [0.15, 0.2) is 23.4 Å². The van der Waals surface area contributed by atoms with Crippen molar-refractivity contribution >= 4 is 17.7 Å². The van der Waals surface area contributed by atoms with Gasteiger partial charge in [-0.2, -0.15) is 0 Å². The zero-order valence-corrected chi connectivity index (χ0v) is 9.20. The van der Waals surface area contributed by atoms with Crippen molar-refractivity contribution in [1.29, 1.82) is 0 Å². The molecule has 1 aromatic rings. The van der Waals surface area contributed by atoms with E-state index < -0.39 is 5.97 Å². The number of aliphatic hydroxyl groups excluding tert-OH is 1. The number of carboxylic acid groups (broad SMARTS) is 1. The molecule has 1 unspecified atom stereocenters. The Balaban J connectivity index is 2.54. The maximum Gasteiger partial charge on any atom is 0.335 e. The molecule has 0 amide bonds. The molecule has 0 fully saturated rings. The molecule has 0 aliphatic heterocycles. The first-order chi connectivity index (χ1) is 7.09. The van der Waals surface area contributed by atoms with E-state index in [9.17, 15) is 4.79 Å². The highest BCUT2D eigenvalue weighted by atomic mass is 32.2. The first-order valence-electron chi connectivity index (χ1n) is 4.60. The van der Waals surface area contributed by atoms with Gasteiger partial charge >= 0.3 is 5.97 Å². The molecule has 0 aromatic carbocycles. The third kappa shape index (κ3) is 4.31. The smallest absolute Gasteiger partial charge is 0.335 e. The van der Waals surface area contributed by atoms with Gasteiger partial charge in [0.15, 0.2) is 0 Å². The third-order valence-corrected chi connectivity index (χ3v) is 2.73. The molecule has 1 atom stereocenters. The quantitative estimate of drug-likeness (QED) is 0.748. The molecule has 0 radical (unpaired) electrons. The van der Waals surface area contributed by atoms with Crippen molar-refractivity contribution < 1.29 is 15.0 Å². The first kappa shape index (κ1) is 12.0. The van der Waals surface area contributed by atoms with Crippen LogP contribution in [0.2, 0.25) is 0 Å². The molecule has 0 saturated carbocycles. The van der Waals surface area contributed by atoms with Crippen molar-refractivity contribution in [2.45, 2.75) is 24.5 Å². The van der Waals surface area contributed by atoms with Crippen molar-refractivity contribution in [2.24, 2.45) is 0 Å². The van der Waals surface area contributed by atoms with E-state index >= 15 is 0 Å². The number of hydrogen-bond donors (Lipinski definition) is 2. The van der Waals surface area contributed by atoms with Gasteiger partial charge in [0.25, 0.3) is 0 Å². The van der Waals surface area contributed by atoms with Gasteiger partial charge in [0, 0.05) is 11.9 Å². The lowest BCUT2D eigenvalue weighted by Crippen LogP contribution is -2.01. The number of hydrogen-bond acceptors (Lipinski definition) is 4. The molecule has 0 aliphatic rings. The topological polar surface area (TPSA) is 70.4 Å². The summed E-state index contributed by atoms with van der Waals surface area (Å²) >= 11 is 1.45. The lowest BCUT2D eigenvalue weighted by molar-refractivity contribution is 0.0696. The second-order valence-corrected chi connectivity index (χ2v) is 4.29. The van der Waals surface area contributed by atoms with E-state index in [1.807, 2.05) is 0 Å². The summed E-state index contributed by atoms with van der Waals surface area (Å²) < 4.78 is 0. The van der Waals surface area contributed by atoms with Gasteiger partial charge < -0.3 is 10.2 Å². The van der Waals surface area contributed by atoms with Crippen molar-refractivity contribution in [2.75, 3.05) is 5.75 Å². The average Bonchev–Trinajstić information content (AvgIpc) is 2.17. The van der Waals surface area contributed by atoms with Crippen molar-refractivity contribution in [3.8, 4) is 0 Å². The predicted octanol–water partition coefficient (Wildman–Crippen LogP) is 1.64. The van der Waals surface area contributed by atoms with E-state index in [-0.39, 0.29) is 11.7 Å². The number of aliphatic hydroxyl groups is 1. The molecular formula is C10H13NO3S. The Morgan fingerprint density at radius 1 is 1.67 bits per heavy atom. The molecule has 1 heterocycles. The molecule has 5 heteroatoms. The van der Waals surface area contributed by atoms with E-state index in [2.05, 4.69) is 4.98 Å².